The minimum atomic E-state index is -0.291. The monoisotopic (exact) mass is 502 g/mol. The van der Waals surface area contributed by atoms with Gasteiger partial charge >= 0.3 is 0 Å². The molecule has 2 N–H and O–H groups in total. The molecule has 1 atom stereocenters. The van der Waals surface area contributed by atoms with E-state index in [9.17, 15) is 14.7 Å². The summed E-state index contributed by atoms with van der Waals surface area (Å²) >= 11 is 1.58. The summed E-state index contributed by atoms with van der Waals surface area (Å²) in [5.74, 6) is 4.50. The van der Waals surface area contributed by atoms with E-state index in [2.05, 4.69) is 63.2 Å². The number of nitrogens with zero attached hydrogens (tertiary/aromatic N) is 1. The quantitative estimate of drug-likeness (QED) is 0.350. The molecule has 0 aromatic heterocycles. The van der Waals surface area contributed by atoms with Gasteiger partial charge in [-0.2, -0.15) is 0 Å². The number of amides is 2. The van der Waals surface area contributed by atoms with E-state index < -0.39 is 0 Å². The maximum Gasteiger partial charge on any atom is 0.222 e. The van der Waals surface area contributed by atoms with Crippen molar-refractivity contribution in [3.05, 3.63) is 41.0 Å². The largest absolute Gasteiger partial charge is 0.391 e. The Hall–Kier alpha value is -2.23. The van der Waals surface area contributed by atoms with Gasteiger partial charge in [-0.25, -0.2) is 0 Å². The van der Waals surface area contributed by atoms with E-state index in [1.807, 2.05) is 32.9 Å². The van der Waals surface area contributed by atoms with Crippen molar-refractivity contribution in [2.75, 3.05) is 13.1 Å². The fourth-order valence-electron chi connectivity index (χ4n) is 2.99. The van der Waals surface area contributed by atoms with Gasteiger partial charge < -0.3 is 15.3 Å². The molecule has 2 amide bonds. The number of carbonyl (C=O) groups is 2. The van der Waals surface area contributed by atoms with Gasteiger partial charge in [-0.3, -0.25) is 9.59 Å². The Kier molecular flexibility index (Phi) is 17.8. The van der Waals surface area contributed by atoms with Crippen molar-refractivity contribution in [2.24, 2.45) is 11.8 Å². The first-order chi connectivity index (χ1) is 16.5. The molecule has 0 spiro atoms. The third-order valence-electron chi connectivity index (χ3n) is 4.56. The van der Waals surface area contributed by atoms with E-state index in [0.29, 0.717) is 31.8 Å². The normalized spacial score (nSPS) is 14.1. The molecule has 0 saturated carbocycles. The number of β-amino-alcohol motifs (C(OH)–C–C–N with tert-alkyl or cyclic N) is 1. The van der Waals surface area contributed by atoms with Crippen LogP contribution >= 0.6 is 11.8 Å². The molecule has 5 nitrogen and oxygen atoms in total. The van der Waals surface area contributed by atoms with Crippen LogP contribution in [0.15, 0.2) is 29.8 Å². The summed E-state index contributed by atoms with van der Waals surface area (Å²) in [5, 5.41) is 15.0. The molecule has 2 rings (SSSR count). The van der Waals surface area contributed by atoms with Gasteiger partial charge in [0, 0.05) is 37.4 Å². The third-order valence-corrected chi connectivity index (χ3v) is 5.66. The topological polar surface area (TPSA) is 69.6 Å². The standard InChI is InChI=1S/C16H19NOS.C9H17NO2.C4H10/c1-4-5-10-19-16(13(2)3)15-8-6-14(7-9-15)11-17-12-18;1-7(2)5-9(12)10-4-3-8(11)6-10;1-4(2)3/h6-9,12H,4,11H2,1-3H3,(H,17,18);7-8,11H,3-6H2,1-2H3;4H,1-3H3. The van der Waals surface area contributed by atoms with E-state index in [0.717, 1.165) is 30.9 Å². The van der Waals surface area contributed by atoms with Gasteiger partial charge in [-0.15, -0.1) is 0 Å². The fraction of sp³-hybridized carbons (Fsp3) is 0.586. The second kappa shape index (κ2) is 19.0. The smallest absolute Gasteiger partial charge is 0.222 e. The van der Waals surface area contributed by atoms with Crippen molar-refractivity contribution < 1.29 is 14.7 Å². The number of carbonyl (C=O) groups excluding carboxylic acids is 2. The molecule has 1 unspecified atom stereocenters. The predicted molar refractivity (Wildman–Crippen MR) is 150 cm³/mol. The molecule has 1 heterocycles. The number of rotatable bonds is 7. The molecule has 0 bridgehead atoms. The highest BCUT2D eigenvalue weighted by Crippen LogP contribution is 2.30. The van der Waals surface area contributed by atoms with Crippen molar-refractivity contribution >= 4 is 29.0 Å². The van der Waals surface area contributed by atoms with Crippen molar-refractivity contribution in [3.63, 3.8) is 0 Å². The van der Waals surface area contributed by atoms with E-state index in [1.165, 1.54) is 16.0 Å². The second-order valence-corrected chi connectivity index (χ2v) is 10.7. The highest BCUT2D eigenvalue weighted by molar-refractivity contribution is 8.12. The number of thioether (sulfide) groups is 1. The number of aliphatic hydroxyl groups is 1. The molecular formula is C29H46N2O3S. The van der Waals surface area contributed by atoms with E-state index in [1.54, 1.807) is 16.7 Å². The first-order valence-electron chi connectivity index (χ1n) is 12.6. The van der Waals surface area contributed by atoms with Crippen molar-refractivity contribution in [1.82, 2.24) is 10.2 Å². The van der Waals surface area contributed by atoms with Crippen LogP contribution in [0.4, 0.5) is 0 Å². The summed E-state index contributed by atoms with van der Waals surface area (Å²) in [4.78, 5) is 24.6. The summed E-state index contributed by atoms with van der Waals surface area (Å²) < 4.78 is 0. The maximum absolute atomic E-state index is 11.4. The number of allylic oxidation sites excluding steroid dienone is 1. The van der Waals surface area contributed by atoms with Gasteiger partial charge in [0.25, 0.3) is 0 Å². The molecule has 0 radical (unpaired) electrons. The Balaban J connectivity index is 0.000000614. The van der Waals surface area contributed by atoms with Crippen LogP contribution in [-0.2, 0) is 16.1 Å². The van der Waals surface area contributed by atoms with Gasteiger partial charge in [-0.05, 0) is 60.2 Å². The van der Waals surface area contributed by atoms with Crippen LogP contribution in [0.3, 0.4) is 0 Å². The molecule has 1 saturated heterocycles. The number of aliphatic hydroxyl groups excluding tert-OH is 1. The number of benzene rings is 1. The Morgan fingerprint density at radius 2 is 1.80 bits per heavy atom. The molecular weight excluding hydrogens is 456 g/mol. The molecule has 1 fully saturated rings. The van der Waals surface area contributed by atoms with Crippen LogP contribution in [0.2, 0.25) is 0 Å². The number of hydrogen-bond donors (Lipinski definition) is 2. The van der Waals surface area contributed by atoms with E-state index >= 15 is 0 Å². The summed E-state index contributed by atoms with van der Waals surface area (Å²) in [6.45, 7) is 18.6. The van der Waals surface area contributed by atoms with Crippen LogP contribution in [-0.4, -0.2) is 41.5 Å². The zero-order valence-electron chi connectivity index (χ0n) is 23.0. The van der Waals surface area contributed by atoms with E-state index in [-0.39, 0.29) is 12.0 Å². The average Bonchev–Trinajstić information content (AvgIpc) is 3.22. The number of hydrogen-bond acceptors (Lipinski definition) is 4. The summed E-state index contributed by atoms with van der Waals surface area (Å²) in [5.41, 5.74) is 3.52. The lowest BCUT2D eigenvalue weighted by Crippen LogP contribution is -2.30. The lowest BCUT2D eigenvalue weighted by molar-refractivity contribution is -0.131. The number of nitrogens with one attached hydrogen (secondary N) is 1. The summed E-state index contributed by atoms with van der Waals surface area (Å²) in [7, 11) is 0. The third kappa shape index (κ3) is 16.1. The molecule has 196 valence electrons. The Morgan fingerprint density at radius 1 is 1.20 bits per heavy atom. The van der Waals surface area contributed by atoms with Gasteiger partial charge in [-0.1, -0.05) is 77.3 Å². The van der Waals surface area contributed by atoms with Crippen molar-refractivity contribution in [1.29, 1.82) is 0 Å². The second-order valence-electron chi connectivity index (χ2n) is 9.87. The van der Waals surface area contributed by atoms with Gasteiger partial charge in [0.15, 0.2) is 0 Å². The first-order valence-corrected chi connectivity index (χ1v) is 13.4. The molecule has 1 aliphatic heterocycles. The van der Waals surface area contributed by atoms with Crippen LogP contribution in [0, 0.1) is 23.0 Å². The predicted octanol–water partition coefficient (Wildman–Crippen LogP) is 6.08. The SMILES string of the molecule is CC(C)C.CC(C)CC(=O)N1CCC(O)C1.CCC#CSC(=C(C)C)c1ccc(CNC=O)cc1. The van der Waals surface area contributed by atoms with Gasteiger partial charge in [0.05, 0.1) is 6.10 Å². The zero-order valence-corrected chi connectivity index (χ0v) is 23.8. The Labute approximate surface area is 218 Å². The summed E-state index contributed by atoms with van der Waals surface area (Å²) in [6, 6.07) is 8.21. The Bertz CT molecular complexity index is 829. The van der Waals surface area contributed by atoms with Crippen LogP contribution in [0.5, 0.6) is 0 Å². The number of likely N-dealkylation sites (tertiary alicyclic amines) is 1. The molecule has 35 heavy (non-hydrogen) atoms. The molecule has 6 heteroatoms. The highest BCUT2D eigenvalue weighted by Gasteiger charge is 2.24. The van der Waals surface area contributed by atoms with Crippen LogP contribution in [0.1, 0.15) is 85.8 Å². The van der Waals surface area contributed by atoms with Crippen LogP contribution in [0.25, 0.3) is 4.91 Å². The highest BCUT2D eigenvalue weighted by atomic mass is 32.2. The van der Waals surface area contributed by atoms with Crippen molar-refractivity contribution in [3.8, 4) is 11.2 Å². The molecule has 1 aromatic carbocycles. The molecule has 1 aromatic rings. The minimum absolute atomic E-state index is 0.182. The molecule has 0 aliphatic carbocycles. The minimum Gasteiger partial charge on any atom is -0.391 e. The lowest BCUT2D eigenvalue weighted by Gasteiger charge is -2.16. The zero-order chi connectivity index (χ0) is 26.8. The average molecular weight is 503 g/mol. The summed E-state index contributed by atoms with van der Waals surface area (Å²) in [6.07, 6.45) is 2.64. The van der Waals surface area contributed by atoms with Gasteiger partial charge in [0.1, 0.15) is 0 Å². The molecule has 1 aliphatic rings. The van der Waals surface area contributed by atoms with Gasteiger partial charge in [0.2, 0.25) is 12.3 Å². The van der Waals surface area contributed by atoms with Crippen molar-refractivity contribution in [2.45, 2.75) is 87.3 Å². The van der Waals surface area contributed by atoms with E-state index in [4.69, 9.17) is 0 Å². The maximum atomic E-state index is 11.4. The Morgan fingerprint density at radius 3 is 2.23 bits per heavy atom. The first kappa shape index (κ1) is 32.8. The fourth-order valence-corrected chi connectivity index (χ4v) is 3.77. The lowest BCUT2D eigenvalue weighted by atomic mass is 10.1. The van der Waals surface area contributed by atoms with Crippen LogP contribution < -0.4 is 5.32 Å².